The molecule has 6 atom stereocenters. The van der Waals surface area contributed by atoms with E-state index in [2.05, 4.69) is 13.2 Å². The molecule has 1 spiro atoms. The van der Waals surface area contributed by atoms with E-state index in [1.165, 1.54) is 0 Å². The Morgan fingerprint density at radius 1 is 1.19 bits per heavy atom. The van der Waals surface area contributed by atoms with Gasteiger partial charge in [-0.25, -0.2) is 0 Å². The fraction of sp³-hybridized carbons (Fsp3) is 0.552. The van der Waals surface area contributed by atoms with Gasteiger partial charge in [-0.2, -0.15) is 0 Å². The maximum atomic E-state index is 14.3. The van der Waals surface area contributed by atoms with E-state index in [-0.39, 0.29) is 36.8 Å². The Labute approximate surface area is 219 Å². The molecule has 1 N–H and O–H groups in total. The number of likely N-dealkylation sites (tertiary alicyclic amines) is 1. The number of aliphatic hydroxyl groups is 1. The van der Waals surface area contributed by atoms with Crippen LogP contribution in [0.25, 0.3) is 0 Å². The van der Waals surface area contributed by atoms with Crippen molar-refractivity contribution in [2.24, 2.45) is 17.8 Å². The van der Waals surface area contributed by atoms with Crippen molar-refractivity contribution in [2.75, 3.05) is 33.3 Å². The van der Waals surface area contributed by atoms with Crippen molar-refractivity contribution in [3.8, 4) is 0 Å². The second-order valence-electron chi connectivity index (χ2n) is 10.8. The zero-order valence-electron chi connectivity index (χ0n) is 22.1. The monoisotopic (exact) mass is 509 g/mol. The van der Waals surface area contributed by atoms with Crippen LogP contribution in [-0.4, -0.2) is 88.1 Å². The number of fused-ring (bicyclic) bond motifs is 1. The lowest BCUT2D eigenvalue weighted by Crippen LogP contribution is -2.56. The van der Waals surface area contributed by atoms with Crippen LogP contribution in [0.1, 0.15) is 32.3 Å². The second-order valence-corrected chi connectivity index (χ2v) is 10.8. The maximum absolute atomic E-state index is 14.3. The number of aliphatic hydroxyl groups excluding tert-OH is 1. The van der Waals surface area contributed by atoms with Gasteiger partial charge in [0.2, 0.25) is 17.7 Å². The summed E-state index contributed by atoms with van der Waals surface area (Å²) in [6.45, 7) is 12.7. The van der Waals surface area contributed by atoms with Gasteiger partial charge in [0.15, 0.2) is 0 Å². The average Bonchev–Trinajstić information content (AvgIpc) is 3.39. The number of hydrogen-bond acceptors (Lipinski definition) is 5. The zero-order valence-corrected chi connectivity index (χ0v) is 22.1. The molecule has 37 heavy (non-hydrogen) atoms. The summed E-state index contributed by atoms with van der Waals surface area (Å²) >= 11 is 0. The first-order chi connectivity index (χ1) is 17.7. The number of rotatable bonds is 11. The third-order valence-corrected chi connectivity index (χ3v) is 8.53. The summed E-state index contributed by atoms with van der Waals surface area (Å²) in [5, 5.41) is 9.57. The van der Waals surface area contributed by atoms with Crippen LogP contribution in [-0.2, 0) is 25.7 Å². The van der Waals surface area contributed by atoms with E-state index in [9.17, 15) is 19.5 Å². The minimum absolute atomic E-state index is 0.0299. The molecule has 0 aliphatic carbocycles. The second kappa shape index (κ2) is 10.4. The molecule has 8 heteroatoms. The minimum atomic E-state index is -1.11. The van der Waals surface area contributed by atoms with Crippen LogP contribution in [0, 0.1) is 17.8 Å². The minimum Gasteiger partial charge on any atom is -0.396 e. The van der Waals surface area contributed by atoms with Crippen molar-refractivity contribution in [2.45, 2.75) is 50.5 Å². The van der Waals surface area contributed by atoms with E-state index >= 15 is 0 Å². The van der Waals surface area contributed by atoms with Crippen LogP contribution in [0.3, 0.4) is 0 Å². The Balaban J connectivity index is 1.77. The summed E-state index contributed by atoms with van der Waals surface area (Å²) in [7, 11) is 1.70. The highest BCUT2D eigenvalue weighted by Gasteiger charge is 2.80. The van der Waals surface area contributed by atoms with Crippen molar-refractivity contribution in [1.29, 1.82) is 0 Å². The Hall–Kier alpha value is -2.97. The summed E-state index contributed by atoms with van der Waals surface area (Å²) in [5.41, 5.74) is -1.01. The SMILES string of the molecule is C=CCN(C)C(=O)[C@@H]1[C@H]2C(=O)N(CCCO)C(C(=O)N(CC=C)Cc3ccccc3)C23CC(C)[C@@]1(C)O3. The van der Waals surface area contributed by atoms with Crippen molar-refractivity contribution in [3.05, 3.63) is 61.2 Å². The Kier molecular flexibility index (Phi) is 7.62. The van der Waals surface area contributed by atoms with Gasteiger partial charge in [0.1, 0.15) is 11.6 Å². The maximum Gasteiger partial charge on any atom is 0.248 e. The largest absolute Gasteiger partial charge is 0.396 e. The third-order valence-electron chi connectivity index (χ3n) is 8.53. The lowest BCUT2D eigenvalue weighted by atomic mass is 9.62. The van der Waals surface area contributed by atoms with Gasteiger partial charge in [-0.1, -0.05) is 49.4 Å². The molecule has 2 bridgehead atoms. The first kappa shape index (κ1) is 27.1. The first-order valence-electron chi connectivity index (χ1n) is 13.1. The van der Waals surface area contributed by atoms with Gasteiger partial charge < -0.3 is 24.5 Å². The standard InChI is InChI=1S/C29H39N3O5/c1-6-14-30(5)25(34)22-23-26(35)32(16-11-17-33)24(29(23)18-20(3)28(22,4)37-29)27(36)31(15-7-2)19-21-12-9-8-10-13-21/h6-10,12-13,20,22-24,33H,1-2,11,14-19H2,3-5H3/t20?,22-,23-,24?,28+,29?/m0/s1. The molecular formula is C29H39N3O5. The Bertz CT molecular complexity index is 1060. The number of ether oxygens (including phenoxy) is 1. The molecule has 8 nitrogen and oxygen atoms in total. The van der Waals surface area contributed by atoms with Crippen LogP contribution >= 0.6 is 0 Å². The molecule has 0 radical (unpaired) electrons. The topological polar surface area (TPSA) is 90.4 Å². The lowest BCUT2D eigenvalue weighted by molar-refractivity contribution is -0.154. The van der Waals surface area contributed by atoms with Crippen LogP contribution in [0.5, 0.6) is 0 Å². The molecular weight excluding hydrogens is 470 g/mol. The number of amides is 3. The average molecular weight is 510 g/mol. The molecule has 0 saturated carbocycles. The van der Waals surface area contributed by atoms with Crippen molar-refractivity contribution in [1.82, 2.24) is 14.7 Å². The Morgan fingerprint density at radius 3 is 2.49 bits per heavy atom. The molecule has 3 heterocycles. The van der Waals surface area contributed by atoms with Crippen molar-refractivity contribution >= 4 is 17.7 Å². The van der Waals surface area contributed by atoms with Gasteiger partial charge in [-0.15, -0.1) is 13.2 Å². The van der Waals surface area contributed by atoms with Gasteiger partial charge in [0.25, 0.3) is 0 Å². The van der Waals surface area contributed by atoms with Gasteiger partial charge in [0.05, 0.1) is 17.4 Å². The van der Waals surface area contributed by atoms with Gasteiger partial charge >= 0.3 is 0 Å². The van der Waals surface area contributed by atoms with Gasteiger partial charge in [-0.3, -0.25) is 14.4 Å². The summed E-state index contributed by atoms with van der Waals surface area (Å²) < 4.78 is 6.77. The molecule has 3 fully saturated rings. The van der Waals surface area contributed by atoms with Crippen LogP contribution in [0.4, 0.5) is 0 Å². The van der Waals surface area contributed by atoms with Gasteiger partial charge in [0, 0.05) is 39.8 Å². The number of carbonyl (C=O) groups is 3. The highest BCUT2D eigenvalue weighted by molar-refractivity contribution is 5.99. The number of benzene rings is 1. The molecule has 4 rings (SSSR count). The summed E-state index contributed by atoms with van der Waals surface area (Å²) in [6, 6.07) is 8.80. The Morgan fingerprint density at radius 2 is 1.86 bits per heavy atom. The smallest absolute Gasteiger partial charge is 0.248 e. The highest BCUT2D eigenvalue weighted by Crippen LogP contribution is 2.65. The molecule has 3 aliphatic rings. The van der Waals surface area contributed by atoms with E-state index < -0.39 is 29.1 Å². The molecule has 3 saturated heterocycles. The third kappa shape index (κ3) is 4.30. The highest BCUT2D eigenvalue weighted by atomic mass is 16.5. The van der Waals surface area contributed by atoms with E-state index in [1.54, 1.807) is 33.9 Å². The predicted molar refractivity (Wildman–Crippen MR) is 140 cm³/mol. The molecule has 1 aromatic rings. The number of hydrogen-bond donors (Lipinski definition) is 1. The molecule has 3 aliphatic heterocycles. The normalized spacial score (nSPS) is 31.8. The zero-order chi connectivity index (χ0) is 27.0. The lowest BCUT2D eigenvalue weighted by Gasteiger charge is -2.38. The van der Waals surface area contributed by atoms with Crippen molar-refractivity contribution in [3.63, 3.8) is 0 Å². The molecule has 3 amide bonds. The number of likely N-dealkylation sites (N-methyl/N-ethyl adjacent to an activating group) is 1. The number of nitrogens with zero attached hydrogens (tertiary/aromatic N) is 3. The molecule has 200 valence electrons. The summed E-state index contributed by atoms with van der Waals surface area (Å²) in [5.74, 6) is -2.13. The van der Waals surface area contributed by atoms with E-state index in [0.29, 0.717) is 32.5 Å². The molecule has 0 aromatic heterocycles. The van der Waals surface area contributed by atoms with E-state index in [4.69, 9.17) is 4.74 Å². The molecule has 3 unspecified atom stereocenters. The predicted octanol–water partition coefficient (Wildman–Crippen LogP) is 2.24. The fourth-order valence-corrected chi connectivity index (χ4v) is 6.76. The summed E-state index contributed by atoms with van der Waals surface area (Å²) in [6.07, 6.45) is 4.17. The van der Waals surface area contributed by atoms with E-state index in [1.807, 2.05) is 44.2 Å². The van der Waals surface area contributed by atoms with Crippen molar-refractivity contribution < 1.29 is 24.2 Å². The summed E-state index contributed by atoms with van der Waals surface area (Å²) in [4.78, 5) is 47.0. The van der Waals surface area contributed by atoms with Crippen LogP contribution in [0.2, 0.25) is 0 Å². The number of carbonyl (C=O) groups excluding carboxylic acids is 3. The van der Waals surface area contributed by atoms with Crippen LogP contribution < -0.4 is 0 Å². The quantitative estimate of drug-likeness (QED) is 0.462. The first-order valence-corrected chi connectivity index (χ1v) is 13.1. The van der Waals surface area contributed by atoms with E-state index in [0.717, 1.165) is 5.56 Å². The van der Waals surface area contributed by atoms with Crippen LogP contribution in [0.15, 0.2) is 55.6 Å². The van der Waals surface area contributed by atoms with Gasteiger partial charge in [-0.05, 0) is 31.2 Å². The molecule has 1 aromatic carbocycles. The fourth-order valence-electron chi connectivity index (χ4n) is 6.76.